The highest BCUT2D eigenvalue weighted by Gasteiger charge is 2.26. The van der Waals surface area contributed by atoms with E-state index in [-0.39, 0.29) is 17.5 Å². The monoisotopic (exact) mass is 268 g/mol. The highest BCUT2D eigenvalue weighted by molar-refractivity contribution is 5.92. The molecule has 1 saturated carbocycles. The smallest absolute Gasteiger partial charge is 0.227 e. The normalized spacial score (nSPS) is 23.1. The summed E-state index contributed by atoms with van der Waals surface area (Å²) >= 11 is 0. The van der Waals surface area contributed by atoms with E-state index in [1.165, 1.54) is 6.07 Å². The first-order valence-corrected chi connectivity index (χ1v) is 6.56. The van der Waals surface area contributed by atoms with Crippen molar-refractivity contribution < 1.29 is 13.6 Å². The predicted octanol–water partition coefficient (Wildman–Crippen LogP) is 2.67. The van der Waals surface area contributed by atoms with E-state index in [2.05, 4.69) is 5.32 Å². The number of carbonyl (C=O) groups excluding carboxylic acids is 1. The first-order chi connectivity index (χ1) is 9.11. The van der Waals surface area contributed by atoms with Gasteiger partial charge in [-0.25, -0.2) is 8.78 Å². The second-order valence-electron chi connectivity index (χ2n) is 5.04. The van der Waals surface area contributed by atoms with Crippen LogP contribution in [0.2, 0.25) is 0 Å². The highest BCUT2D eigenvalue weighted by Crippen LogP contribution is 2.29. The maximum atomic E-state index is 13.4. The molecule has 1 aliphatic rings. The van der Waals surface area contributed by atoms with E-state index in [1.54, 1.807) is 0 Å². The maximum absolute atomic E-state index is 13.4. The minimum Gasteiger partial charge on any atom is -0.330 e. The van der Waals surface area contributed by atoms with Gasteiger partial charge in [-0.15, -0.1) is 0 Å². The maximum Gasteiger partial charge on any atom is 0.227 e. The Morgan fingerprint density at radius 1 is 1.21 bits per heavy atom. The van der Waals surface area contributed by atoms with Gasteiger partial charge in [0, 0.05) is 5.92 Å². The standard InChI is InChI=1S/C14H18F2N2O/c15-11-2-1-3-12(16)13(11)18-14(19)10-6-4-9(8-17)5-7-10/h1-3,9-10H,4-8,17H2,(H,18,19). The zero-order chi connectivity index (χ0) is 13.8. The summed E-state index contributed by atoms with van der Waals surface area (Å²) in [6.07, 6.45) is 3.25. The van der Waals surface area contributed by atoms with Crippen LogP contribution >= 0.6 is 0 Å². The number of carbonyl (C=O) groups is 1. The molecule has 1 aromatic rings. The van der Waals surface area contributed by atoms with Crippen molar-refractivity contribution in [2.24, 2.45) is 17.6 Å². The van der Waals surface area contributed by atoms with Gasteiger partial charge in [0.05, 0.1) is 0 Å². The van der Waals surface area contributed by atoms with Crippen LogP contribution in [0, 0.1) is 23.5 Å². The van der Waals surface area contributed by atoms with Crippen LogP contribution in [0.3, 0.4) is 0 Å². The summed E-state index contributed by atoms with van der Waals surface area (Å²) < 4.78 is 26.8. The van der Waals surface area contributed by atoms with Gasteiger partial charge in [-0.05, 0) is 50.3 Å². The van der Waals surface area contributed by atoms with Gasteiger partial charge in [0.15, 0.2) is 0 Å². The lowest BCUT2D eigenvalue weighted by molar-refractivity contribution is -0.121. The SMILES string of the molecule is NCC1CCC(C(=O)Nc2c(F)cccc2F)CC1. The molecule has 5 heteroatoms. The zero-order valence-electron chi connectivity index (χ0n) is 10.7. The molecule has 1 amide bonds. The van der Waals surface area contributed by atoms with Crippen molar-refractivity contribution in [3.8, 4) is 0 Å². The number of hydrogen-bond acceptors (Lipinski definition) is 2. The summed E-state index contributed by atoms with van der Waals surface area (Å²) in [6, 6.07) is 3.53. The largest absolute Gasteiger partial charge is 0.330 e. The minimum absolute atomic E-state index is 0.179. The lowest BCUT2D eigenvalue weighted by atomic mass is 9.81. The van der Waals surface area contributed by atoms with Gasteiger partial charge in [0.25, 0.3) is 0 Å². The van der Waals surface area contributed by atoms with Crippen molar-refractivity contribution in [1.29, 1.82) is 0 Å². The van der Waals surface area contributed by atoms with Crippen molar-refractivity contribution in [3.05, 3.63) is 29.8 Å². The number of rotatable bonds is 3. The summed E-state index contributed by atoms with van der Waals surface area (Å²) in [5.74, 6) is -1.51. The van der Waals surface area contributed by atoms with Crippen LogP contribution in [-0.4, -0.2) is 12.5 Å². The van der Waals surface area contributed by atoms with Crippen LogP contribution in [0.25, 0.3) is 0 Å². The molecule has 1 aliphatic carbocycles. The molecule has 0 atom stereocenters. The van der Waals surface area contributed by atoms with Crippen molar-refractivity contribution in [3.63, 3.8) is 0 Å². The number of amides is 1. The number of para-hydroxylation sites is 1. The van der Waals surface area contributed by atoms with E-state index < -0.39 is 11.6 Å². The van der Waals surface area contributed by atoms with E-state index in [1.807, 2.05) is 0 Å². The first-order valence-electron chi connectivity index (χ1n) is 6.56. The van der Waals surface area contributed by atoms with E-state index in [9.17, 15) is 13.6 Å². The van der Waals surface area contributed by atoms with Crippen LogP contribution in [-0.2, 0) is 4.79 Å². The van der Waals surface area contributed by atoms with Crippen molar-refractivity contribution >= 4 is 11.6 Å². The average molecular weight is 268 g/mol. The number of halogens is 2. The Morgan fingerprint density at radius 3 is 2.32 bits per heavy atom. The van der Waals surface area contributed by atoms with Gasteiger partial charge < -0.3 is 11.1 Å². The molecule has 1 fully saturated rings. The molecule has 0 aliphatic heterocycles. The molecule has 0 aromatic heterocycles. The second-order valence-corrected chi connectivity index (χ2v) is 5.04. The summed E-state index contributed by atoms with van der Waals surface area (Å²) in [4.78, 5) is 12.0. The summed E-state index contributed by atoms with van der Waals surface area (Å²) in [5, 5.41) is 2.36. The molecule has 3 nitrogen and oxygen atoms in total. The highest BCUT2D eigenvalue weighted by atomic mass is 19.1. The summed E-state index contributed by atoms with van der Waals surface area (Å²) in [5.41, 5.74) is 5.24. The Balaban J connectivity index is 1.98. The Labute approximate surface area is 111 Å². The van der Waals surface area contributed by atoms with E-state index >= 15 is 0 Å². The van der Waals surface area contributed by atoms with Gasteiger partial charge >= 0.3 is 0 Å². The van der Waals surface area contributed by atoms with E-state index in [0.29, 0.717) is 12.5 Å². The zero-order valence-corrected chi connectivity index (χ0v) is 10.7. The molecular weight excluding hydrogens is 250 g/mol. The molecular formula is C14H18F2N2O. The Bertz CT molecular complexity index is 437. The predicted molar refractivity (Wildman–Crippen MR) is 69.5 cm³/mol. The van der Waals surface area contributed by atoms with Crippen molar-refractivity contribution in [1.82, 2.24) is 0 Å². The van der Waals surface area contributed by atoms with E-state index in [0.717, 1.165) is 37.8 Å². The number of hydrogen-bond donors (Lipinski definition) is 2. The fourth-order valence-corrected chi connectivity index (χ4v) is 2.50. The number of anilines is 1. The molecule has 0 heterocycles. The van der Waals surface area contributed by atoms with Crippen LogP contribution < -0.4 is 11.1 Å². The molecule has 0 radical (unpaired) electrons. The fraction of sp³-hybridized carbons (Fsp3) is 0.500. The van der Waals surface area contributed by atoms with Gasteiger partial charge in [-0.3, -0.25) is 4.79 Å². The molecule has 0 saturated heterocycles. The molecule has 3 N–H and O–H groups in total. The minimum atomic E-state index is -0.746. The average Bonchev–Trinajstić information content (AvgIpc) is 2.43. The van der Waals surface area contributed by atoms with Crippen molar-refractivity contribution in [2.75, 3.05) is 11.9 Å². The lowest BCUT2D eigenvalue weighted by Gasteiger charge is -2.26. The number of nitrogens with one attached hydrogen (secondary N) is 1. The van der Waals surface area contributed by atoms with Crippen LogP contribution in [0.4, 0.5) is 14.5 Å². The third-order valence-electron chi connectivity index (χ3n) is 3.76. The third-order valence-corrected chi connectivity index (χ3v) is 3.76. The summed E-state index contributed by atoms with van der Waals surface area (Å²) in [6.45, 7) is 0.635. The number of nitrogens with two attached hydrogens (primary N) is 1. The first kappa shape index (κ1) is 13.9. The molecule has 1 aromatic carbocycles. The van der Waals surface area contributed by atoms with Crippen molar-refractivity contribution in [2.45, 2.75) is 25.7 Å². The quantitative estimate of drug-likeness (QED) is 0.885. The Hall–Kier alpha value is -1.49. The molecule has 2 rings (SSSR count). The summed E-state index contributed by atoms with van der Waals surface area (Å²) in [7, 11) is 0. The molecule has 0 bridgehead atoms. The Kier molecular flexibility index (Phi) is 4.47. The fourth-order valence-electron chi connectivity index (χ4n) is 2.50. The molecule has 19 heavy (non-hydrogen) atoms. The van der Waals surface area contributed by atoms with Crippen LogP contribution in [0.15, 0.2) is 18.2 Å². The Morgan fingerprint density at radius 2 is 1.79 bits per heavy atom. The third kappa shape index (κ3) is 3.29. The topological polar surface area (TPSA) is 55.1 Å². The number of benzene rings is 1. The van der Waals surface area contributed by atoms with Crippen LogP contribution in [0.5, 0.6) is 0 Å². The van der Waals surface area contributed by atoms with Gasteiger partial charge in [-0.1, -0.05) is 6.07 Å². The van der Waals surface area contributed by atoms with Gasteiger partial charge in [0.2, 0.25) is 5.91 Å². The molecule has 0 unspecified atom stereocenters. The molecule has 104 valence electrons. The molecule has 0 spiro atoms. The van der Waals surface area contributed by atoms with Gasteiger partial charge in [-0.2, -0.15) is 0 Å². The second kappa shape index (κ2) is 6.10. The van der Waals surface area contributed by atoms with E-state index in [4.69, 9.17) is 5.73 Å². The van der Waals surface area contributed by atoms with Gasteiger partial charge in [0.1, 0.15) is 17.3 Å². The van der Waals surface area contributed by atoms with Crippen LogP contribution in [0.1, 0.15) is 25.7 Å². The lowest BCUT2D eigenvalue weighted by Crippen LogP contribution is -2.29.